The predicted octanol–water partition coefficient (Wildman–Crippen LogP) is 2.00. The van der Waals surface area contributed by atoms with Crippen LogP contribution in [0.3, 0.4) is 0 Å². The third-order valence-electron chi connectivity index (χ3n) is 5.69. The van der Waals surface area contributed by atoms with E-state index >= 15 is 0 Å². The number of benzene rings is 2. The summed E-state index contributed by atoms with van der Waals surface area (Å²) in [4.78, 5) is 17.5. The van der Waals surface area contributed by atoms with E-state index < -0.39 is 10.0 Å². The van der Waals surface area contributed by atoms with Gasteiger partial charge in [-0.05, 0) is 41.9 Å². The first-order valence-corrected chi connectivity index (χ1v) is 12.1. The van der Waals surface area contributed by atoms with E-state index in [1.54, 1.807) is 0 Å². The molecular weight excluding hydrogens is 412 g/mol. The van der Waals surface area contributed by atoms with Gasteiger partial charge in [0.2, 0.25) is 10.0 Å². The zero-order chi connectivity index (χ0) is 22.4. The Balaban J connectivity index is 1.50. The number of nitrogens with zero attached hydrogens (tertiary/aromatic N) is 3. The molecule has 0 aliphatic carbocycles. The fourth-order valence-electron chi connectivity index (χ4n) is 3.56. The minimum Gasteiger partial charge on any atom is -0.348 e. The lowest BCUT2D eigenvalue weighted by molar-refractivity contribution is 0.0951. The van der Waals surface area contributed by atoms with E-state index in [-0.39, 0.29) is 10.8 Å². The maximum absolute atomic E-state index is 12.4. The van der Waals surface area contributed by atoms with Gasteiger partial charge in [0, 0.05) is 58.9 Å². The molecule has 0 spiro atoms. The first kappa shape index (κ1) is 23.4. The summed E-state index contributed by atoms with van der Waals surface area (Å²) in [5.41, 5.74) is 2.73. The molecule has 31 heavy (non-hydrogen) atoms. The molecule has 1 aliphatic rings. The van der Waals surface area contributed by atoms with Crippen molar-refractivity contribution in [1.82, 2.24) is 19.4 Å². The summed E-state index contributed by atoms with van der Waals surface area (Å²) in [5.74, 6) is -0.230. The first-order chi connectivity index (χ1) is 14.8. The summed E-state index contributed by atoms with van der Waals surface area (Å²) in [5, 5.41) is 2.89. The van der Waals surface area contributed by atoms with Crippen LogP contribution >= 0.6 is 0 Å². The Morgan fingerprint density at radius 2 is 1.45 bits per heavy atom. The van der Waals surface area contributed by atoms with Crippen LogP contribution in [0.5, 0.6) is 0 Å². The summed E-state index contributed by atoms with van der Waals surface area (Å²) < 4.78 is 25.4. The van der Waals surface area contributed by atoms with Crippen molar-refractivity contribution in [2.24, 2.45) is 0 Å². The minimum atomic E-state index is -3.50. The number of carbonyl (C=O) groups excluding carboxylic acids is 1. The van der Waals surface area contributed by atoms with Crippen molar-refractivity contribution in [2.45, 2.75) is 24.9 Å². The SMILES string of the molecule is CCN1CCN(Cc2ccc(CNC(=O)c3ccc(S(=O)(=O)N(C)C)cc3)cc2)CC1. The number of sulfonamides is 1. The Hall–Kier alpha value is -2.26. The second kappa shape index (κ2) is 10.4. The van der Waals surface area contributed by atoms with Gasteiger partial charge in [0.05, 0.1) is 4.90 Å². The molecule has 7 nitrogen and oxygen atoms in total. The minimum absolute atomic E-state index is 0.167. The van der Waals surface area contributed by atoms with Crippen molar-refractivity contribution in [2.75, 3.05) is 46.8 Å². The van der Waals surface area contributed by atoms with Gasteiger partial charge in [-0.1, -0.05) is 31.2 Å². The highest BCUT2D eigenvalue weighted by atomic mass is 32.2. The van der Waals surface area contributed by atoms with E-state index in [1.807, 2.05) is 12.1 Å². The van der Waals surface area contributed by atoms with Gasteiger partial charge in [-0.15, -0.1) is 0 Å². The number of hydrogen-bond donors (Lipinski definition) is 1. The Morgan fingerprint density at radius 1 is 0.903 bits per heavy atom. The van der Waals surface area contributed by atoms with Crippen LogP contribution in [0.1, 0.15) is 28.4 Å². The van der Waals surface area contributed by atoms with Crippen LogP contribution in [-0.2, 0) is 23.1 Å². The number of rotatable bonds is 8. The largest absolute Gasteiger partial charge is 0.348 e. The maximum Gasteiger partial charge on any atom is 0.251 e. The predicted molar refractivity (Wildman–Crippen MR) is 122 cm³/mol. The highest BCUT2D eigenvalue weighted by Crippen LogP contribution is 2.14. The number of likely N-dealkylation sites (N-methyl/N-ethyl adjacent to an activating group) is 1. The Labute approximate surface area is 185 Å². The lowest BCUT2D eigenvalue weighted by Crippen LogP contribution is -2.45. The molecule has 0 atom stereocenters. The lowest BCUT2D eigenvalue weighted by atomic mass is 10.1. The fourth-order valence-corrected chi connectivity index (χ4v) is 4.46. The van der Waals surface area contributed by atoms with Crippen LogP contribution in [0.15, 0.2) is 53.4 Å². The maximum atomic E-state index is 12.4. The molecule has 0 aromatic heterocycles. The van der Waals surface area contributed by atoms with Gasteiger partial charge in [-0.25, -0.2) is 12.7 Å². The number of piperazine rings is 1. The van der Waals surface area contributed by atoms with Crippen LogP contribution in [-0.4, -0.2) is 75.2 Å². The van der Waals surface area contributed by atoms with Crippen molar-refractivity contribution in [3.05, 3.63) is 65.2 Å². The summed E-state index contributed by atoms with van der Waals surface area (Å²) in [7, 11) is -0.538. The molecule has 0 saturated carbocycles. The molecule has 168 valence electrons. The van der Waals surface area contributed by atoms with Crippen LogP contribution in [0, 0.1) is 0 Å². The summed E-state index contributed by atoms with van der Waals surface area (Å²) >= 11 is 0. The van der Waals surface area contributed by atoms with Crippen molar-refractivity contribution in [3.8, 4) is 0 Å². The second-order valence-electron chi connectivity index (χ2n) is 8.02. The molecule has 1 aliphatic heterocycles. The van der Waals surface area contributed by atoms with Gasteiger partial charge in [0.15, 0.2) is 0 Å². The summed E-state index contributed by atoms with van der Waals surface area (Å²) in [6.07, 6.45) is 0. The smallest absolute Gasteiger partial charge is 0.251 e. The Morgan fingerprint density at radius 3 is 2.00 bits per heavy atom. The number of amides is 1. The zero-order valence-corrected chi connectivity index (χ0v) is 19.4. The van der Waals surface area contributed by atoms with Gasteiger partial charge >= 0.3 is 0 Å². The van der Waals surface area contributed by atoms with Gasteiger partial charge in [0.1, 0.15) is 0 Å². The van der Waals surface area contributed by atoms with Crippen LogP contribution in [0.25, 0.3) is 0 Å². The molecule has 8 heteroatoms. The molecule has 0 radical (unpaired) electrons. The monoisotopic (exact) mass is 444 g/mol. The average molecular weight is 445 g/mol. The molecule has 1 fully saturated rings. The third-order valence-corrected chi connectivity index (χ3v) is 7.52. The van der Waals surface area contributed by atoms with E-state index in [2.05, 4.69) is 34.2 Å². The van der Waals surface area contributed by atoms with Crippen LogP contribution < -0.4 is 5.32 Å². The van der Waals surface area contributed by atoms with Crippen molar-refractivity contribution in [3.63, 3.8) is 0 Å². The van der Waals surface area contributed by atoms with Crippen LogP contribution in [0.4, 0.5) is 0 Å². The van der Waals surface area contributed by atoms with Gasteiger partial charge in [-0.3, -0.25) is 9.69 Å². The third kappa shape index (κ3) is 6.13. The number of hydrogen-bond acceptors (Lipinski definition) is 5. The molecule has 2 aromatic rings. The highest BCUT2D eigenvalue weighted by Gasteiger charge is 2.18. The highest BCUT2D eigenvalue weighted by molar-refractivity contribution is 7.89. The molecule has 1 N–H and O–H groups in total. The van der Waals surface area contributed by atoms with Crippen molar-refractivity contribution in [1.29, 1.82) is 0 Å². The Bertz CT molecular complexity index is 965. The summed E-state index contributed by atoms with van der Waals surface area (Å²) in [6, 6.07) is 14.3. The van der Waals surface area contributed by atoms with Gasteiger partial charge < -0.3 is 10.2 Å². The average Bonchev–Trinajstić information content (AvgIpc) is 2.79. The van der Waals surface area contributed by atoms with Crippen molar-refractivity contribution >= 4 is 15.9 Å². The standard InChI is InChI=1S/C23H32N4O3S/c1-4-26-13-15-27(16-14-26)18-20-7-5-19(6-8-20)17-24-23(28)21-9-11-22(12-10-21)31(29,30)25(2)3/h5-12H,4,13-18H2,1-3H3,(H,24,28). The van der Waals surface area contributed by atoms with E-state index in [0.717, 1.165) is 49.1 Å². The van der Waals surface area contributed by atoms with Crippen molar-refractivity contribution < 1.29 is 13.2 Å². The van der Waals surface area contributed by atoms with E-state index in [9.17, 15) is 13.2 Å². The molecule has 1 heterocycles. The summed E-state index contributed by atoms with van der Waals surface area (Å²) in [6.45, 7) is 9.15. The van der Waals surface area contributed by atoms with E-state index in [4.69, 9.17) is 0 Å². The quantitative estimate of drug-likeness (QED) is 0.674. The molecule has 3 rings (SSSR count). The fraction of sp³-hybridized carbons (Fsp3) is 0.435. The topological polar surface area (TPSA) is 73.0 Å². The van der Waals surface area contributed by atoms with E-state index in [0.29, 0.717) is 12.1 Å². The molecule has 1 amide bonds. The van der Waals surface area contributed by atoms with E-state index in [1.165, 1.54) is 43.9 Å². The zero-order valence-electron chi connectivity index (χ0n) is 18.5. The van der Waals surface area contributed by atoms with Gasteiger partial charge in [-0.2, -0.15) is 0 Å². The molecule has 2 aromatic carbocycles. The molecule has 1 saturated heterocycles. The Kier molecular flexibility index (Phi) is 7.83. The molecule has 0 bridgehead atoms. The lowest BCUT2D eigenvalue weighted by Gasteiger charge is -2.34. The van der Waals surface area contributed by atoms with Crippen LogP contribution in [0.2, 0.25) is 0 Å². The first-order valence-electron chi connectivity index (χ1n) is 10.6. The molecular formula is C23H32N4O3S. The van der Waals surface area contributed by atoms with Gasteiger partial charge in [0.25, 0.3) is 5.91 Å². The normalized spacial score (nSPS) is 15.9. The number of carbonyl (C=O) groups is 1. The number of nitrogens with one attached hydrogen (secondary N) is 1. The molecule has 0 unspecified atom stereocenters. The second-order valence-corrected chi connectivity index (χ2v) is 10.2.